The molecule has 1 amide bonds. The molecule has 0 fully saturated rings. The van der Waals surface area contributed by atoms with E-state index in [1.165, 1.54) is 25.8 Å². The first-order valence-corrected chi connectivity index (χ1v) is 9.09. The summed E-state index contributed by atoms with van der Waals surface area (Å²) in [6, 6.07) is 14.1. The molecule has 1 N–H and O–H groups in total. The van der Waals surface area contributed by atoms with Crippen LogP contribution in [0.5, 0.6) is 11.5 Å². The Morgan fingerprint density at radius 2 is 1.79 bits per heavy atom. The zero-order valence-electron chi connectivity index (χ0n) is 16.9. The van der Waals surface area contributed by atoms with Gasteiger partial charge < -0.3 is 14.8 Å². The summed E-state index contributed by atoms with van der Waals surface area (Å²) in [7, 11) is 3.05. The molecular formula is C22H23N3O4. The molecule has 0 atom stereocenters. The zero-order chi connectivity index (χ0) is 21.0. The quantitative estimate of drug-likeness (QED) is 0.696. The average Bonchev–Trinajstić information content (AvgIpc) is 2.71. The Balaban J connectivity index is 1.84. The first kappa shape index (κ1) is 20.1. The van der Waals surface area contributed by atoms with Crippen LogP contribution >= 0.6 is 0 Å². The normalized spacial score (nSPS) is 10.5. The average molecular weight is 393 g/mol. The molecule has 1 heterocycles. The molecule has 2 aromatic carbocycles. The van der Waals surface area contributed by atoms with Gasteiger partial charge in [-0.25, -0.2) is 4.68 Å². The Morgan fingerprint density at radius 1 is 1.00 bits per heavy atom. The summed E-state index contributed by atoms with van der Waals surface area (Å²) in [4.78, 5) is 24.8. The van der Waals surface area contributed by atoms with Gasteiger partial charge in [0.15, 0.2) is 0 Å². The van der Waals surface area contributed by atoms with Crippen LogP contribution < -0.4 is 20.3 Å². The van der Waals surface area contributed by atoms with Gasteiger partial charge in [-0.15, -0.1) is 0 Å². The molecule has 1 aromatic heterocycles. The summed E-state index contributed by atoms with van der Waals surface area (Å²) in [6.45, 7) is 3.83. The van der Waals surface area contributed by atoms with Crippen LogP contribution in [0.3, 0.4) is 0 Å². The highest BCUT2D eigenvalue weighted by molar-refractivity contribution is 5.92. The van der Waals surface area contributed by atoms with E-state index < -0.39 is 5.91 Å². The molecule has 0 aliphatic carbocycles. The van der Waals surface area contributed by atoms with Crippen molar-refractivity contribution in [1.82, 2.24) is 9.78 Å². The number of aryl methyl sites for hydroxylation is 2. The van der Waals surface area contributed by atoms with Crippen LogP contribution in [-0.2, 0) is 11.3 Å². The van der Waals surface area contributed by atoms with Crippen molar-refractivity contribution in [3.63, 3.8) is 0 Å². The first-order valence-electron chi connectivity index (χ1n) is 9.09. The second-order valence-electron chi connectivity index (χ2n) is 6.63. The van der Waals surface area contributed by atoms with Crippen molar-refractivity contribution in [3.8, 4) is 22.8 Å². The number of methoxy groups -OCH3 is 2. The third kappa shape index (κ3) is 4.63. The fourth-order valence-electron chi connectivity index (χ4n) is 2.85. The van der Waals surface area contributed by atoms with Gasteiger partial charge in [-0.1, -0.05) is 12.1 Å². The summed E-state index contributed by atoms with van der Waals surface area (Å²) in [5.41, 5.74) is 3.91. The molecule has 0 aliphatic heterocycles. The molecule has 0 saturated heterocycles. The van der Waals surface area contributed by atoms with Gasteiger partial charge in [0.25, 0.3) is 5.56 Å². The number of carbonyl (C=O) groups excluding carboxylic acids is 1. The Bertz CT molecular complexity index is 1110. The summed E-state index contributed by atoms with van der Waals surface area (Å²) in [5.74, 6) is 0.667. The van der Waals surface area contributed by atoms with Crippen LogP contribution in [0.25, 0.3) is 11.3 Å². The molecule has 0 radical (unpaired) electrons. The lowest BCUT2D eigenvalue weighted by molar-refractivity contribution is -0.117. The van der Waals surface area contributed by atoms with E-state index in [0.717, 1.165) is 15.8 Å². The highest BCUT2D eigenvalue weighted by atomic mass is 16.5. The van der Waals surface area contributed by atoms with Crippen LogP contribution in [0.2, 0.25) is 0 Å². The minimum Gasteiger partial charge on any atom is -0.497 e. The maximum Gasteiger partial charge on any atom is 0.267 e. The fraction of sp³-hybridized carbons (Fsp3) is 0.227. The number of nitrogens with zero attached hydrogens (tertiary/aromatic N) is 2. The monoisotopic (exact) mass is 393 g/mol. The number of hydrogen-bond acceptors (Lipinski definition) is 5. The zero-order valence-corrected chi connectivity index (χ0v) is 16.9. The highest BCUT2D eigenvalue weighted by Crippen LogP contribution is 2.28. The van der Waals surface area contributed by atoms with Crippen LogP contribution in [0.15, 0.2) is 53.3 Å². The third-order valence-corrected chi connectivity index (χ3v) is 4.64. The molecule has 29 heavy (non-hydrogen) atoms. The largest absolute Gasteiger partial charge is 0.497 e. The lowest BCUT2D eigenvalue weighted by Gasteiger charge is -2.12. The van der Waals surface area contributed by atoms with Gasteiger partial charge in [-0.3, -0.25) is 9.59 Å². The predicted octanol–water partition coefficient (Wildman–Crippen LogP) is 3.18. The van der Waals surface area contributed by atoms with E-state index in [0.29, 0.717) is 22.9 Å². The Kier molecular flexibility index (Phi) is 5.97. The van der Waals surface area contributed by atoms with Gasteiger partial charge in [0, 0.05) is 17.7 Å². The molecule has 3 rings (SSSR count). The van der Waals surface area contributed by atoms with Gasteiger partial charge in [0.05, 0.1) is 25.6 Å². The number of amides is 1. The molecule has 0 aliphatic rings. The van der Waals surface area contributed by atoms with Crippen molar-refractivity contribution in [2.45, 2.75) is 20.4 Å². The molecule has 7 heteroatoms. The lowest BCUT2D eigenvalue weighted by Crippen LogP contribution is -2.29. The first-order chi connectivity index (χ1) is 13.9. The van der Waals surface area contributed by atoms with Crippen LogP contribution in [-0.4, -0.2) is 29.9 Å². The Labute approximate surface area is 168 Å². The third-order valence-electron chi connectivity index (χ3n) is 4.64. The van der Waals surface area contributed by atoms with E-state index in [-0.39, 0.29) is 12.1 Å². The number of rotatable bonds is 6. The second-order valence-corrected chi connectivity index (χ2v) is 6.63. The van der Waals surface area contributed by atoms with Crippen molar-refractivity contribution < 1.29 is 14.3 Å². The molecule has 0 saturated carbocycles. The Morgan fingerprint density at radius 3 is 2.48 bits per heavy atom. The number of aromatic nitrogens is 2. The smallest absolute Gasteiger partial charge is 0.267 e. The van der Waals surface area contributed by atoms with Gasteiger partial charge in [-0.05, 0) is 49.2 Å². The molecule has 0 bridgehead atoms. The second kappa shape index (κ2) is 8.60. The standard InChI is InChI=1S/C22H23N3O4/c1-14-5-6-16(11-15(14)2)18-8-10-22(27)25(24-18)13-21(26)23-19-12-17(28-3)7-9-20(19)29-4/h5-12H,13H2,1-4H3,(H,23,26). The predicted molar refractivity (Wildman–Crippen MR) is 112 cm³/mol. The van der Waals surface area contributed by atoms with Crippen LogP contribution in [0, 0.1) is 13.8 Å². The maximum atomic E-state index is 12.5. The SMILES string of the molecule is COc1ccc(OC)c(NC(=O)Cn2nc(-c3ccc(C)c(C)c3)ccc2=O)c1. The van der Waals surface area contributed by atoms with Crippen molar-refractivity contribution in [2.24, 2.45) is 0 Å². The van der Waals surface area contributed by atoms with E-state index in [1.54, 1.807) is 24.3 Å². The summed E-state index contributed by atoms with van der Waals surface area (Å²) < 4.78 is 11.6. The summed E-state index contributed by atoms with van der Waals surface area (Å²) >= 11 is 0. The van der Waals surface area contributed by atoms with Crippen molar-refractivity contribution in [3.05, 3.63) is 70.0 Å². The van der Waals surface area contributed by atoms with Gasteiger partial charge >= 0.3 is 0 Å². The topological polar surface area (TPSA) is 82.4 Å². The molecule has 7 nitrogen and oxygen atoms in total. The number of nitrogens with one attached hydrogen (secondary N) is 1. The van der Waals surface area contributed by atoms with E-state index in [4.69, 9.17) is 9.47 Å². The van der Waals surface area contributed by atoms with Crippen LogP contribution in [0.1, 0.15) is 11.1 Å². The van der Waals surface area contributed by atoms with E-state index in [2.05, 4.69) is 10.4 Å². The summed E-state index contributed by atoms with van der Waals surface area (Å²) in [5, 5.41) is 7.10. The van der Waals surface area contributed by atoms with Gasteiger partial charge in [0.1, 0.15) is 18.0 Å². The fourth-order valence-corrected chi connectivity index (χ4v) is 2.85. The number of hydrogen-bond donors (Lipinski definition) is 1. The number of carbonyl (C=O) groups is 1. The van der Waals surface area contributed by atoms with E-state index in [1.807, 2.05) is 32.0 Å². The minimum atomic E-state index is -0.400. The van der Waals surface area contributed by atoms with E-state index in [9.17, 15) is 9.59 Å². The highest BCUT2D eigenvalue weighted by Gasteiger charge is 2.12. The molecule has 0 spiro atoms. The van der Waals surface area contributed by atoms with Crippen LogP contribution in [0.4, 0.5) is 5.69 Å². The Hall–Kier alpha value is -3.61. The van der Waals surface area contributed by atoms with E-state index >= 15 is 0 Å². The van der Waals surface area contributed by atoms with Crippen molar-refractivity contribution >= 4 is 11.6 Å². The summed E-state index contributed by atoms with van der Waals surface area (Å²) in [6.07, 6.45) is 0. The molecule has 0 unspecified atom stereocenters. The number of anilines is 1. The lowest BCUT2D eigenvalue weighted by atomic mass is 10.0. The van der Waals surface area contributed by atoms with Gasteiger partial charge in [-0.2, -0.15) is 5.10 Å². The minimum absolute atomic E-state index is 0.224. The van der Waals surface area contributed by atoms with Crippen molar-refractivity contribution in [2.75, 3.05) is 19.5 Å². The van der Waals surface area contributed by atoms with Gasteiger partial charge in [0.2, 0.25) is 5.91 Å². The maximum absolute atomic E-state index is 12.5. The number of benzene rings is 2. The molecule has 3 aromatic rings. The number of ether oxygens (including phenoxy) is 2. The van der Waals surface area contributed by atoms with Crippen molar-refractivity contribution in [1.29, 1.82) is 0 Å². The molecular weight excluding hydrogens is 370 g/mol. The molecule has 150 valence electrons.